The summed E-state index contributed by atoms with van der Waals surface area (Å²) in [5, 5.41) is 21.0. The molecular formula is C13H18N2O4. The number of carbonyl (C=O) groups is 2. The zero-order valence-electron chi connectivity index (χ0n) is 11.0. The number of phenols is 1. The van der Waals surface area contributed by atoms with Crippen LogP contribution >= 0.6 is 0 Å². The number of urea groups is 1. The van der Waals surface area contributed by atoms with Crippen molar-refractivity contribution in [1.82, 2.24) is 4.90 Å². The Balaban J connectivity index is 2.82. The first-order chi connectivity index (χ1) is 8.99. The number of rotatable bonds is 5. The summed E-state index contributed by atoms with van der Waals surface area (Å²) in [6.07, 6.45) is 0.838. The van der Waals surface area contributed by atoms with Crippen molar-refractivity contribution in [3.8, 4) is 5.75 Å². The van der Waals surface area contributed by atoms with Crippen LogP contribution in [0.25, 0.3) is 0 Å². The predicted octanol–water partition coefficient (Wildman–Crippen LogP) is 2.35. The highest BCUT2D eigenvalue weighted by Gasteiger charge is 2.14. The molecule has 0 fully saturated rings. The van der Waals surface area contributed by atoms with Gasteiger partial charge in [-0.05, 0) is 31.5 Å². The van der Waals surface area contributed by atoms with Crippen molar-refractivity contribution in [3.05, 3.63) is 23.8 Å². The highest BCUT2D eigenvalue weighted by atomic mass is 16.4. The van der Waals surface area contributed by atoms with Crippen molar-refractivity contribution in [2.45, 2.75) is 20.3 Å². The van der Waals surface area contributed by atoms with Crippen LogP contribution in [-0.2, 0) is 0 Å². The molecule has 2 amide bonds. The molecule has 0 aliphatic carbocycles. The number of nitrogens with one attached hydrogen (secondary N) is 1. The Morgan fingerprint density at radius 3 is 2.47 bits per heavy atom. The number of aromatic carboxylic acids is 1. The van der Waals surface area contributed by atoms with Crippen LogP contribution in [-0.4, -0.2) is 40.2 Å². The molecule has 0 spiro atoms. The number of carbonyl (C=O) groups excluding carboxylic acids is 1. The van der Waals surface area contributed by atoms with Crippen LogP contribution in [0.5, 0.6) is 5.75 Å². The van der Waals surface area contributed by atoms with Crippen molar-refractivity contribution in [2.75, 3.05) is 18.4 Å². The Hall–Kier alpha value is -2.24. The summed E-state index contributed by atoms with van der Waals surface area (Å²) in [7, 11) is 0. The first kappa shape index (κ1) is 14.8. The molecule has 0 saturated heterocycles. The average Bonchev–Trinajstić information content (AvgIpc) is 2.37. The standard InChI is InChI=1S/C13H18N2O4/c1-3-7-15(4-2)13(19)14-10-6-5-9(12(17)18)8-11(10)16/h5-6,8,16H,3-4,7H2,1-2H3,(H,14,19)(H,17,18). The predicted molar refractivity (Wildman–Crippen MR) is 71.6 cm³/mol. The summed E-state index contributed by atoms with van der Waals surface area (Å²) in [6, 6.07) is 3.49. The summed E-state index contributed by atoms with van der Waals surface area (Å²) in [4.78, 5) is 24.2. The second-order valence-electron chi connectivity index (χ2n) is 4.05. The van der Waals surface area contributed by atoms with E-state index in [1.807, 2.05) is 13.8 Å². The molecule has 1 rings (SSSR count). The summed E-state index contributed by atoms with van der Waals surface area (Å²) in [5.74, 6) is -1.39. The van der Waals surface area contributed by atoms with Gasteiger partial charge in [0.05, 0.1) is 11.3 Å². The van der Waals surface area contributed by atoms with Crippen molar-refractivity contribution < 1.29 is 19.8 Å². The number of amides is 2. The fourth-order valence-electron chi connectivity index (χ4n) is 1.64. The molecule has 0 saturated carbocycles. The van der Waals surface area contributed by atoms with Gasteiger partial charge in [-0.1, -0.05) is 6.92 Å². The van der Waals surface area contributed by atoms with Gasteiger partial charge >= 0.3 is 12.0 Å². The Bertz CT molecular complexity index is 474. The zero-order valence-corrected chi connectivity index (χ0v) is 11.0. The largest absolute Gasteiger partial charge is 0.506 e. The van der Waals surface area contributed by atoms with Crippen molar-refractivity contribution in [2.24, 2.45) is 0 Å². The topological polar surface area (TPSA) is 89.9 Å². The van der Waals surface area contributed by atoms with Crippen molar-refractivity contribution in [1.29, 1.82) is 0 Å². The van der Waals surface area contributed by atoms with E-state index in [2.05, 4.69) is 5.32 Å². The fourth-order valence-corrected chi connectivity index (χ4v) is 1.64. The number of nitrogens with zero attached hydrogens (tertiary/aromatic N) is 1. The lowest BCUT2D eigenvalue weighted by Gasteiger charge is -2.20. The lowest BCUT2D eigenvalue weighted by atomic mass is 10.2. The lowest BCUT2D eigenvalue weighted by Crippen LogP contribution is -2.35. The Morgan fingerprint density at radius 2 is 2.00 bits per heavy atom. The van der Waals surface area contributed by atoms with E-state index in [1.54, 1.807) is 4.90 Å². The normalized spacial score (nSPS) is 10.0. The number of benzene rings is 1. The molecule has 1 aromatic carbocycles. The zero-order chi connectivity index (χ0) is 14.4. The summed E-state index contributed by atoms with van der Waals surface area (Å²) < 4.78 is 0. The third kappa shape index (κ3) is 3.87. The van der Waals surface area contributed by atoms with Gasteiger partial charge in [0.1, 0.15) is 5.75 Å². The maximum Gasteiger partial charge on any atom is 0.335 e. The smallest absolute Gasteiger partial charge is 0.335 e. The third-order valence-corrected chi connectivity index (χ3v) is 2.65. The first-order valence-electron chi connectivity index (χ1n) is 6.11. The highest BCUT2D eigenvalue weighted by Crippen LogP contribution is 2.24. The van der Waals surface area contributed by atoms with Gasteiger partial charge in [-0.25, -0.2) is 9.59 Å². The Morgan fingerprint density at radius 1 is 1.32 bits per heavy atom. The van der Waals surface area contributed by atoms with Gasteiger partial charge in [0.25, 0.3) is 0 Å². The number of carboxylic acids is 1. The van der Waals surface area contributed by atoms with Gasteiger partial charge in [0.2, 0.25) is 0 Å². The van der Waals surface area contributed by atoms with E-state index in [0.29, 0.717) is 13.1 Å². The molecule has 0 heterocycles. The number of carboxylic acid groups (broad SMARTS) is 1. The van der Waals surface area contributed by atoms with Crippen LogP contribution in [0.15, 0.2) is 18.2 Å². The molecule has 0 aromatic heterocycles. The van der Waals surface area contributed by atoms with Gasteiger partial charge in [0.15, 0.2) is 0 Å². The van der Waals surface area contributed by atoms with Crippen molar-refractivity contribution >= 4 is 17.7 Å². The summed E-state index contributed by atoms with van der Waals surface area (Å²) in [6.45, 7) is 5.02. The average molecular weight is 266 g/mol. The molecule has 0 radical (unpaired) electrons. The molecule has 0 aliphatic heterocycles. The number of hydrogen-bond acceptors (Lipinski definition) is 3. The van der Waals surface area contributed by atoms with E-state index >= 15 is 0 Å². The van der Waals surface area contributed by atoms with E-state index in [0.717, 1.165) is 12.5 Å². The third-order valence-electron chi connectivity index (χ3n) is 2.65. The number of aromatic hydroxyl groups is 1. The number of hydrogen-bond donors (Lipinski definition) is 3. The van der Waals surface area contributed by atoms with E-state index in [4.69, 9.17) is 5.11 Å². The second kappa shape index (κ2) is 6.63. The first-order valence-corrected chi connectivity index (χ1v) is 6.11. The highest BCUT2D eigenvalue weighted by molar-refractivity contribution is 5.93. The molecule has 0 bridgehead atoms. The minimum Gasteiger partial charge on any atom is -0.506 e. The molecule has 1 aromatic rings. The van der Waals surface area contributed by atoms with Crippen LogP contribution in [0.4, 0.5) is 10.5 Å². The molecule has 104 valence electrons. The molecule has 3 N–H and O–H groups in total. The SMILES string of the molecule is CCCN(CC)C(=O)Nc1ccc(C(=O)O)cc1O. The summed E-state index contributed by atoms with van der Waals surface area (Å²) >= 11 is 0. The maximum absolute atomic E-state index is 11.9. The van der Waals surface area contributed by atoms with Gasteiger partial charge < -0.3 is 20.4 Å². The molecule has 6 heteroatoms. The van der Waals surface area contributed by atoms with Crippen LogP contribution in [0.1, 0.15) is 30.6 Å². The Labute approximate surface area is 111 Å². The second-order valence-corrected chi connectivity index (χ2v) is 4.05. The number of anilines is 1. The quantitative estimate of drug-likeness (QED) is 0.713. The molecule has 0 atom stereocenters. The van der Waals surface area contributed by atoms with E-state index < -0.39 is 5.97 Å². The monoisotopic (exact) mass is 266 g/mol. The van der Waals surface area contributed by atoms with E-state index in [-0.39, 0.29) is 23.0 Å². The minimum absolute atomic E-state index is 0.0311. The summed E-state index contributed by atoms with van der Waals surface area (Å²) in [5.41, 5.74) is 0.168. The molecule has 19 heavy (non-hydrogen) atoms. The van der Waals surface area contributed by atoms with Crippen LogP contribution in [0.2, 0.25) is 0 Å². The molecule has 6 nitrogen and oxygen atoms in total. The van der Waals surface area contributed by atoms with E-state index in [9.17, 15) is 14.7 Å². The number of phenolic OH excluding ortho intramolecular Hbond substituents is 1. The minimum atomic E-state index is -1.13. The molecule has 0 unspecified atom stereocenters. The van der Waals surface area contributed by atoms with Gasteiger partial charge in [-0.2, -0.15) is 0 Å². The van der Waals surface area contributed by atoms with Gasteiger partial charge in [0, 0.05) is 13.1 Å². The van der Waals surface area contributed by atoms with Crippen molar-refractivity contribution in [3.63, 3.8) is 0 Å². The Kier molecular flexibility index (Phi) is 5.17. The maximum atomic E-state index is 11.9. The van der Waals surface area contributed by atoms with Crippen LogP contribution in [0, 0.1) is 0 Å². The van der Waals surface area contributed by atoms with Gasteiger partial charge in [-0.3, -0.25) is 0 Å². The fraction of sp³-hybridized carbons (Fsp3) is 0.385. The van der Waals surface area contributed by atoms with Gasteiger partial charge in [-0.15, -0.1) is 0 Å². The van der Waals surface area contributed by atoms with E-state index in [1.165, 1.54) is 12.1 Å². The molecular weight excluding hydrogens is 248 g/mol. The van der Waals surface area contributed by atoms with Crippen LogP contribution < -0.4 is 5.32 Å². The lowest BCUT2D eigenvalue weighted by molar-refractivity contribution is 0.0696. The molecule has 0 aliphatic rings. The van der Waals surface area contributed by atoms with Crippen LogP contribution in [0.3, 0.4) is 0 Å².